The molecule has 1 spiro atoms. The van der Waals surface area contributed by atoms with Crippen molar-refractivity contribution in [2.24, 2.45) is 5.41 Å². The van der Waals surface area contributed by atoms with E-state index in [2.05, 4.69) is 41.7 Å². The smallest absolute Gasteiger partial charge is 0.293 e. The van der Waals surface area contributed by atoms with Gasteiger partial charge in [-0.1, -0.05) is 17.7 Å². The van der Waals surface area contributed by atoms with Gasteiger partial charge in [0.25, 0.3) is 17.4 Å². The molecule has 3 N–H and O–H groups in total. The highest BCUT2D eigenvalue weighted by Crippen LogP contribution is 2.46. The van der Waals surface area contributed by atoms with Crippen molar-refractivity contribution in [1.82, 2.24) is 35.0 Å². The zero-order chi connectivity index (χ0) is 45.9. The third-order valence-corrected chi connectivity index (χ3v) is 14.9. The van der Waals surface area contributed by atoms with Crippen LogP contribution in [0.25, 0.3) is 10.9 Å². The number of fused-ring (bicyclic) bond motifs is 2. The molecular weight excluding hydrogens is 864 g/mol. The molecule has 348 valence electrons. The van der Waals surface area contributed by atoms with Crippen molar-refractivity contribution in [1.29, 1.82) is 0 Å². The van der Waals surface area contributed by atoms with Crippen LogP contribution in [0, 0.1) is 5.41 Å². The van der Waals surface area contributed by atoms with Crippen LogP contribution in [0.5, 0.6) is 5.75 Å². The first-order valence-corrected chi connectivity index (χ1v) is 23.7. The van der Waals surface area contributed by atoms with Crippen LogP contribution in [0.15, 0.2) is 53.5 Å². The first-order chi connectivity index (χ1) is 31.8. The molecule has 1 saturated carbocycles. The zero-order valence-corrected chi connectivity index (χ0v) is 38.4. The lowest BCUT2D eigenvalue weighted by atomic mass is 9.69. The molecule has 0 bridgehead atoms. The van der Waals surface area contributed by atoms with Gasteiger partial charge in [0.2, 0.25) is 17.8 Å². The molecule has 7 heterocycles. The van der Waals surface area contributed by atoms with Crippen molar-refractivity contribution in [2.45, 2.75) is 102 Å². The number of likely N-dealkylation sites (tertiary alicyclic amines) is 1. The Labute approximate surface area is 388 Å². The largest absolute Gasteiger partial charge is 0.478 e. The summed E-state index contributed by atoms with van der Waals surface area (Å²) in [4.78, 5) is 80.9. The Morgan fingerprint density at radius 3 is 2.45 bits per heavy atom. The van der Waals surface area contributed by atoms with Crippen molar-refractivity contribution in [3.63, 3.8) is 0 Å². The average Bonchev–Trinajstić information content (AvgIpc) is 3.61. The molecule has 4 aromatic rings. The number of nitrogens with zero attached hydrogens (tertiary/aromatic N) is 7. The summed E-state index contributed by atoms with van der Waals surface area (Å²) in [6, 6.07) is 13.3. The number of nitrogens with one attached hydrogen (secondary N) is 3. The predicted octanol–water partition coefficient (Wildman–Crippen LogP) is 4.77. The van der Waals surface area contributed by atoms with Gasteiger partial charge in [-0.25, -0.2) is 4.98 Å². The van der Waals surface area contributed by atoms with Gasteiger partial charge < -0.3 is 39.4 Å². The van der Waals surface area contributed by atoms with Gasteiger partial charge in [0.1, 0.15) is 11.1 Å². The minimum absolute atomic E-state index is 0.0980. The Morgan fingerprint density at radius 2 is 1.73 bits per heavy atom. The van der Waals surface area contributed by atoms with E-state index in [0.717, 1.165) is 106 Å². The predicted molar refractivity (Wildman–Crippen MR) is 250 cm³/mol. The van der Waals surface area contributed by atoms with Crippen molar-refractivity contribution in [3.05, 3.63) is 75.2 Å². The number of halogens is 1. The topological polar surface area (TPSA) is 184 Å². The third kappa shape index (κ3) is 8.56. The number of hydrogen-bond acceptors (Lipinski definition) is 13. The molecule has 17 nitrogen and oxygen atoms in total. The summed E-state index contributed by atoms with van der Waals surface area (Å²) < 4.78 is 13.9. The van der Waals surface area contributed by atoms with Gasteiger partial charge in [0.05, 0.1) is 23.9 Å². The zero-order valence-electron chi connectivity index (χ0n) is 37.7. The fraction of sp³-hybridized carbons (Fsp3) is 0.521. The van der Waals surface area contributed by atoms with Gasteiger partial charge in [0, 0.05) is 93.7 Å². The molecule has 2 aromatic heterocycles. The number of benzene rings is 2. The number of anilines is 4. The number of rotatable bonds is 12. The van der Waals surface area contributed by atoms with Crippen LogP contribution in [0.1, 0.15) is 87.2 Å². The summed E-state index contributed by atoms with van der Waals surface area (Å²) in [5.74, 6) is 0.0616. The molecule has 0 radical (unpaired) electrons. The van der Waals surface area contributed by atoms with Gasteiger partial charge in [-0.2, -0.15) is 4.98 Å². The minimum Gasteiger partial charge on any atom is -0.478 e. The fourth-order valence-corrected chi connectivity index (χ4v) is 10.9. The Kier molecular flexibility index (Phi) is 11.9. The van der Waals surface area contributed by atoms with Crippen molar-refractivity contribution < 1.29 is 28.7 Å². The van der Waals surface area contributed by atoms with Crippen LogP contribution in [-0.4, -0.2) is 125 Å². The van der Waals surface area contributed by atoms with Crippen LogP contribution in [0.3, 0.4) is 0 Å². The van der Waals surface area contributed by atoms with E-state index in [1.54, 1.807) is 21.7 Å². The van der Waals surface area contributed by atoms with E-state index in [9.17, 15) is 24.0 Å². The maximum Gasteiger partial charge on any atom is 0.293 e. The van der Waals surface area contributed by atoms with Gasteiger partial charge in [0.15, 0.2) is 18.2 Å². The Bertz CT molecular complexity index is 2630. The lowest BCUT2D eigenvalue weighted by molar-refractivity contribution is -0.137. The molecular formula is C48H57ClN10O7. The molecule has 66 heavy (non-hydrogen) atoms. The Morgan fingerprint density at radius 1 is 0.955 bits per heavy atom. The molecule has 1 aliphatic carbocycles. The number of likely N-dealkylation sites (N-methyl/N-ethyl adjacent to an activating group) is 1. The standard InChI is InChI=1S/C48H57ClN10O7/c1-28(2)59-38-7-5-31(18-30(38)19-40(46(59)64)65-25-42(61)50-3)52-43-37(49)23-51-47(54-43)56-14-10-34(11-15-56)66-35-20-33(21-35)57-26-48(27-57)12-16-55(17-13-48)32-6-4-29-24-58(45(63)36(29)22-32)39-8-9-41(60)53-44(39)62/h4-7,18-19,22-23,28,33-35,39H,8-17,20-21,24-27H2,1-3H3,(H,50,61)(H,51,52,54)(H,53,60,62). The van der Waals surface area contributed by atoms with E-state index in [1.165, 1.54) is 7.05 Å². The minimum atomic E-state index is -0.600. The van der Waals surface area contributed by atoms with E-state index in [0.29, 0.717) is 46.8 Å². The number of imide groups is 1. The molecule has 5 aliphatic heterocycles. The van der Waals surface area contributed by atoms with Gasteiger partial charge >= 0.3 is 0 Å². The molecule has 18 heteroatoms. The summed E-state index contributed by atoms with van der Waals surface area (Å²) in [5, 5.41) is 9.38. The summed E-state index contributed by atoms with van der Waals surface area (Å²) in [6.07, 6.45) is 8.91. The highest BCUT2D eigenvalue weighted by molar-refractivity contribution is 6.33. The molecule has 10 rings (SSSR count). The molecule has 4 saturated heterocycles. The SMILES string of the molecule is CNC(=O)COc1cc2cc(Nc3nc(N4CCC(OC5CC(N6CC7(CCN(c8ccc9c(c8)C(=O)N(C8CCC(=O)NC8=O)C9)CC7)C6)C5)CC4)ncc3Cl)ccc2n(C(C)C)c1=O. The summed E-state index contributed by atoms with van der Waals surface area (Å²) in [7, 11) is 1.52. The normalized spacial score (nSPS) is 23.2. The lowest BCUT2D eigenvalue weighted by Crippen LogP contribution is -2.65. The maximum atomic E-state index is 13.4. The van der Waals surface area contributed by atoms with Gasteiger partial charge in [-0.3, -0.25) is 34.2 Å². The lowest BCUT2D eigenvalue weighted by Gasteiger charge is -2.59. The molecule has 5 fully saturated rings. The first kappa shape index (κ1) is 44.1. The molecule has 1 unspecified atom stereocenters. The van der Waals surface area contributed by atoms with E-state index < -0.39 is 6.04 Å². The van der Waals surface area contributed by atoms with E-state index in [1.807, 2.05) is 44.2 Å². The Hall–Kier alpha value is -5.78. The highest BCUT2D eigenvalue weighted by atomic mass is 35.5. The summed E-state index contributed by atoms with van der Waals surface area (Å²) >= 11 is 6.61. The van der Waals surface area contributed by atoms with Crippen LogP contribution < -0.4 is 36.0 Å². The monoisotopic (exact) mass is 920 g/mol. The number of carbonyl (C=O) groups is 4. The maximum absolute atomic E-state index is 13.4. The fourth-order valence-electron chi connectivity index (χ4n) is 10.7. The van der Waals surface area contributed by atoms with Gasteiger partial charge in [-0.15, -0.1) is 0 Å². The number of pyridine rings is 1. The van der Waals surface area contributed by atoms with Crippen LogP contribution in [0.4, 0.5) is 23.1 Å². The number of aromatic nitrogens is 3. The Balaban J connectivity index is 0.671. The molecule has 4 amide bonds. The van der Waals surface area contributed by atoms with E-state index in [4.69, 9.17) is 26.1 Å². The summed E-state index contributed by atoms with van der Waals surface area (Å²) in [6.45, 7) is 9.73. The van der Waals surface area contributed by atoms with Crippen LogP contribution >= 0.6 is 11.6 Å². The van der Waals surface area contributed by atoms with Crippen molar-refractivity contribution >= 4 is 69.3 Å². The summed E-state index contributed by atoms with van der Waals surface area (Å²) in [5.41, 5.74) is 4.19. The van der Waals surface area contributed by atoms with E-state index >= 15 is 0 Å². The quantitative estimate of drug-likeness (QED) is 0.165. The second kappa shape index (κ2) is 17.8. The van der Waals surface area contributed by atoms with Crippen molar-refractivity contribution in [2.75, 3.05) is 68.0 Å². The second-order valence-electron chi connectivity index (χ2n) is 19.2. The van der Waals surface area contributed by atoms with Crippen LogP contribution in [-0.2, 0) is 25.7 Å². The highest BCUT2D eigenvalue weighted by Gasteiger charge is 2.50. The molecule has 2 aromatic carbocycles. The molecule has 1 atom stereocenters. The average molecular weight is 921 g/mol. The van der Waals surface area contributed by atoms with Crippen LogP contribution in [0.2, 0.25) is 5.02 Å². The first-order valence-electron chi connectivity index (χ1n) is 23.3. The second-order valence-corrected chi connectivity index (χ2v) is 19.6. The number of ether oxygens (including phenoxy) is 2. The number of carbonyl (C=O) groups excluding carboxylic acids is 4. The van der Waals surface area contributed by atoms with E-state index in [-0.39, 0.29) is 66.2 Å². The van der Waals surface area contributed by atoms with Crippen molar-refractivity contribution in [3.8, 4) is 5.75 Å². The molecule has 6 aliphatic rings. The number of amides is 4. The number of hydrogen-bond donors (Lipinski definition) is 3. The third-order valence-electron chi connectivity index (χ3n) is 14.6. The van der Waals surface area contributed by atoms with Gasteiger partial charge in [-0.05, 0) is 106 Å². The number of piperidine rings is 3.